The molecule has 0 unspecified atom stereocenters. The second-order valence-corrected chi connectivity index (χ2v) is 23.3. The van der Waals surface area contributed by atoms with Crippen molar-refractivity contribution in [3.05, 3.63) is 291 Å². The van der Waals surface area contributed by atoms with Crippen LogP contribution in [-0.4, -0.2) is 12.5 Å². The Kier molecular flexibility index (Phi) is 11.8. The van der Waals surface area contributed by atoms with Crippen molar-refractivity contribution in [1.82, 2.24) is 0 Å². The van der Waals surface area contributed by atoms with Gasteiger partial charge in [-0.25, -0.2) is 0 Å². The maximum atomic E-state index is 2.48. The molecule has 0 N–H and O–H groups in total. The van der Waals surface area contributed by atoms with Crippen LogP contribution in [0.2, 0.25) is 0 Å². The van der Waals surface area contributed by atoms with E-state index in [4.69, 9.17) is 0 Å². The topological polar surface area (TPSA) is 6.48 Å². The molecule has 0 spiro atoms. The smallest absolute Gasteiger partial charge is 0.0540 e. The minimum absolute atomic E-state index is 1.10. The number of benzene rings is 12. The summed E-state index contributed by atoms with van der Waals surface area (Å²) in [5.74, 6) is 0. The van der Waals surface area contributed by atoms with Crippen molar-refractivity contribution in [2.45, 2.75) is 9.79 Å². The molecule has 3 heteroatoms. The molecule has 0 fully saturated rings. The van der Waals surface area contributed by atoms with E-state index in [0.29, 0.717) is 0 Å². The Balaban J connectivity index is 0.864. The van der Waals surface area contributed by atoms with Crippen LogP contribution in [0.1, 0.15) is 0 Å². The van der Waals surface area contributed by atoms with E-state index in [1.807, 2.05) is 0 Å². The van der Waals surface area contributed by atoms with Crippen molar-refractivity contribution in [1.29, 1.82) is 0 Å². The minimum Gasteiger partial charge on any atom is -0.311 e. The van der Waals surface area contributed by atoms with E-state index in [2.05, 4.69) is 313 Å². The monoisotopic (exact) mass is 978 g/mol. The van der Waals surface area contributed by atoms with Crippen LogP contribution in [0.15, 0.2) is 301 Å². The maximum Gasteiger partial charge on any atom is 0.0540 e. The second-order valence-electron chi connectivity index (χ2n) is 19.7. The van der Waals surface area contributed by atoms with Crippen LogP contribution in [0, 0.1) is 0 Å². The van der Waals surface area contributed by atoms with Crippen LogP contribution >= 0.6 is 10.0 Å². The zero-order valence-corrected chi connectivity index (χ0v) is 42.8. The van der Waals surface area contributed by atoms with Crippen LogP contribution in [0.3, 0.4) is 0 Å². The van der Waals surface area contributed by atoms with E-state index < -0.39 is 10.0 Å². The lowest BCUT2D eigenvalue weighted by Crippen LogP contribution is -2.12. The fourth-order valence-corrected chi connectivity index (χ4v) is 13.6. The maximum absolute atomic E-state index is 2.48. The van der Waals surface area contributed by atoms with Crippen LogP contribution in [0.25, 0.3) is 77.5 Å². The van der Waals surface area contributed by atoms with Gasteiger partial charge in [0.25, 0.3) is 0 Å². The van der Waals surface area contributed by atoms with Crippen molar-refractivity contribution in [2.75, 3.05) is 22.3 Å². The zero-order chi connectivity index (χ0) is 50.3. The highest BCUT2D eigenvalue weighted by atomic mass is 32.3. The molecule has 0 aliphatic carbocycles. The highest BCUT2D eigenvalue weighted by Gasteiger charge is 2.32. The van der Waals surface area contributed by atoms with Crippen LogP contribution in [0.5, 0.6) is 0 Å². The molecule has 1 aliphatic heterocycles. The fourth-order valence-electron chi connectivity index (χ4n) is 11.1. The molecule has 0 radical (unpaired) electrons. The lowest BCUT2D eigenvalue weighted by molar-refractivity contribution is 1.28. The van der Waals surface area contributed by atoms with E-state index in [1.165, 1.54) is 93.0 Å². The quantitative estimate of drug-likeness (QED) is 0.127. The Morgan fingerprint density at radius 3 is 0.947 bits per heavy atom. The average molecular weight is 979 g/mol. The van der Waals surface area contributed by atoms with Gasteiger partial charge in [-0.2, -0.15) is 10.0 Å². The summed E-state index contributed by atoms with van der Waals surface area (Å²) >= 11 is 0. The van der Waals surface area contributed by atoms with Gasteiger partial charge in [0.15, 0.2) is 0 Å². The number of hydrogen-bond donors (Lipinski definition) is 0. The molecule has 12 aromatic carbocycles. The molecule has 1 aliphatic rings. The van der Waals surface area contributed by atoms with Crippen LogP contribution in [-0.2, 0) is 0 Å². The molecular weight excluding hydrogens is 925 g/mol. The van der Waals surface area contributed by atoms with Gasteiger partial charge in [0.05, 0.1) is 5.69 Å². The summed E-state index contributed by atoms with van der Waals surface area (Å²) in [5, 5.41) is 2.60. The average Bonchev–Trinajstić information content (AvgIpc) is 3.50. The van der Waals surface area contributed by atoms with Gasteiger partial charge >= 0.3 is 0 Å². The van der Waals surface area contributed by atoms with Crippen molar-refractivity contribution in [2.24, 2.45) is 0 Å². The van der Waals surface area contributed by atoms with Gasteiger partial charge in [0.1, 0.15) is 0 Å². The van der Waals surface area contributed by atoms with E-state index in [-0.39, 0.29) is 0 Å². The van der Waals surface area contributed by atoms with Gasteiger partial charge in [0, 0.05) is 49.0 Å². The lowest BCUT2D eigenvalue weighted by atomic mass is 9.94. The van der Waals surface area contributed by atoms with Gasteiger partial charge in [-0.15, -0.1) is 0 Å². The van der Waals surface area contributed by atoms with E-state index >= 15 is 0 Å². The Bertz CT molecular complexity index is 3780. The summed E-state index contributed by atoms with van der Waals surface area (Å²) in [7, 11) is -1.45. The number of rotatable bonds is 11. The van der Waals surface area contributed by atoms with Gasteiger partial charge in [0.2, 0.25) is 0 Å². The Labute approximate surface area is 442 Å². The Morgan fingerprint density at radius 2 is 0.560 bits per heavy atom. The molecule has 0 bridgehead atoms. The summed E-state index contributed by atoms with van der Waals surface area (Å²) in [4.78, 5) is 7.64. The molecule has 0 atom stereocenters. The fraction of sp³-hybridized carbons (Fsp3) is 0.0278. The molecule has 75 heavy (non-hydrogen) atoms. The van der Waals surface area contributed by atoms with Gasteiger partial charge in [-0.1, -0.05) is 212 Å². The molecule has 0 amide bonds. The van der Waals surface area contributed by atoms with Crippen molar-refractivity contribution in [3.8, 4) is 66.8 Å². The first-order valence-corrected chi connectivity index (χ1v) is 28.2. The molecule has 12 aromatic rings. The van der Waals surface area contributed by atoms with Crippen molar-refractivity contribution in [3.63, 3.8) is 0 Å². The Morgan fingerprint density at radius 1 is 0.240 bits per heavy atom. The Hall–Kier alpha value is -9.15. The molecule has 13 rings (SSSR count). The third-order valence-corrected chi connectivity index (χ3v) is 17.9. The van der Waals surface area contributed by atoms with Crippen molar-refractivity contribution >= 4 is 54.9 Å². The standard InChI is InChI=1S/C72H54N2S/c1-75(2)70-25-15-24-68-69(74(64-43-30-57(31-44-64)53-20-11-5-12-21-53)65-45-32-58(33-46-65)54-22-13-6-14-23-54)49-48-67(72(68)70)66-47-36-60(50-71(66)75)59-34-41-63(42-35-59)73(61-37-26-55(27-38-61)51-16-7-3-8-17-51)62-39-28-56(29-40-62)52-18-9-4-10-19-52/h3-50H,1-2H3. The predicted octanol–water partition coefficient (Wildman–Crippen LogP) is 20.6. The van der Waals surface area contributed by atoms with Crippen LogP contribution < -0.4 is 9.80 Å². The molecular formula is C72H54N2S. The number of hydrogen-bond acceptors (Lipinski definition) is 2. The summed E-state index contributed by atoms with van der Waals surface area (Å²) in [6.07, 6.45) is 4.96. The SMILES string of the molecule is CS1(C)c2cc(-c3ccc(N(c4ccc(-c5ccccc5)cc4)c4ccc(-c5ccccc5)cc4)cc3)ccc2-c2ccc(N(c3ccc(-c4ccccc4)cc3)c3ccc(-c4ccccc4)cc3)c3cccc1c23. The van der Waals surface area contributed by atoms with Gasteiger partial charge < -0.3 is 9.80 Å². The zero-order valence-electron chi connectivity index (χ0n) is 42.0. The molecule has 358 valence electrons. The van der Waals surface area contributed by atoms with E-state index in [9.17, 15) is 0 Å². The first-order chi connectivity index (χ1) is 36.9. The minimum atomic E-state index is -1.45. The molecule has 0 aromatic heterocycles. The summed E-state index contributed by atoms with van der Waals surface area (Å²) in [6, 6.07) is 106. The molecule has 2 nitrogen and oxygen atoms in total. The second kappa shape index (κ2) is 19.4. The molecule has 0 saturated carbocycles. The number of anilines is 6. The predicted molar refractivity (Wildman–Crippen MR) is 322 cm³/mol. The normalized spacial score (nSPS) is 12.7. The van der Waals surface area contributed by atoms with E-state index in [0.717, 1.165) is 28.4 Å². The number of nitrogens with zero attached hydrogens (tertiary/aromatic N) is 2. The summed E-state index contributed by atoms with van der Waals surface area (Å²) in [5.41, 5.74) is 21.4. The number of fused-ring (bicyclic) bond motifs is 2. The van der Waals surface area contributed by atoms with Crippen molar-refractivity contribution < 1.29 is 0 Å². The molecule has 1 heterocycles. The highest BCUT2D eigenvalue weighted by molar-refractivity contribution is 8.33. The molecule has 0 saturated heterocycles. The first kappa shape index (κ1) is 45.7. The lowest BCUT2D eigenvalue weighted by Gasteiger charge is -2.40. The largest absolute Gasteiger partial charge is 0.311 e. The third kappa shape index (κ3) is 8.57. The highest BCUT2D eigenvalue weighted by Crippen LogP contribution is 2.66. The third-order valence-electron chi connectivity index (χ3n) is 15.0. The summed E-state index contributed by atoms with van der Waals surface area (Å²) < 4.78 is 0. The van der Waals surface area contributed by atoms with E-state index in [1.54, 1.807) is 0 Å². The first-order valence-electron chi connectivity index (χ1n) is 25.7. The van der Waals surface area contributed by atoms with Gasteiger partial charge in [-0.05, 0) is 158 Å². The van der Waals surface area contributed by atoms with Crippen LogP contribution in [0.4, 0.5) is 34.1 Å². The van der Waals surface area contributed by atoms with Gasteiger partial charge in [-0.3, -0.25) is 0 Å². The summed E-state index contributed by atoms with van der Waals surface area (Å²) in [6.45, 7) is 0.